The fourth-order valence-corrected chi connectivity index (χ4v) is 11.9. The van der Waals surface area contributed by atoms with E-state index in [-0.39, 0.29) is 17.3 Å². The van der Waals surface area contributed by atoms with Crippen LogP contribution in [0.2, 0.25) is 5.02 Å². The van der Waals surface area contributed by atoms with Crippen molar-refractivity contribution in [1.29, 1.82) is 0 Å². The maximum Gasteiger partial charge on any atom is 0.264 e. The number of fused-ring (bicyclic) bond motifs is 4. The number of methoxy groups -OCH3 is 1. The van der Waals surface area contributed by atoms with Gasteiger partial charge < -0.3 is 24.0 Å². The van der Waals surface area contributed by atoms with Gasteiger partial charge in [0, 0.05) is 49.4 Å². The second-order valence-electron chi connectivity index (χ2n) is 17.3. The van der Waals surface area contributed by atoms with Gasteiger partial charge in [0.15, 0.2) is 0 Å². The number of ether oxygens (including phenoxy) is 3. The smallest absolute Gasteiger partial charge is 0.264 e. The number of rotatable bonds is 3. The summed E-state index contributed by atoms with van der Waals surface area (Å²) >= 11 is 6.51. The van der Waals surface area contributed by atoms with Gasteiger partial charge in [-0.05, 0) is 142 Å². The van der Waals surface area contributed by atoms with Crippen LogP contribution in [0.15, 0.2) is 48.6 Å². The lowest BCUT2D eigenvalue weighted by Gasteiger charge is -2.52. The summed E-state index contributed by atoms with van der Waals surface area (Å²) in [6, 6.07) is 11.7. The lowest BCUT2D eigenvalue weighted by atomic mass is 9.63. The molecule has 288 valence electrons. The molecule has 4 aliphatic heterocycles. The minimum atomic E-state index is -3.95. The summed E-state index contributed by atoms with van der Waals surface area (Å²) in [5.41, 5.74) is 3.25. The maximum absolute atomic E-state index is 13.7. The highest BCUT2D eigenvalue weighted by atomic mass is 35.5. The molecular formula is C42H56ClN3O6S. The summed E-state index contributed by atoms with van der Waals surface area (Å²) in [6.45, 7) is 10.3. The van der Waals surface area contributed by atoms with E-state index in [1.165, 1.54) is 11.1 Å². The summed E-state index contributed by atoms with van der Waals surface area (Å²) in [4.78, 5) is 18.7. The van der Waals surface area contributed by atoms with Crippen molar-refractivity contribution in [3.8, 4) is 5.75 Å². The van der Waals surface area contributed by atoms with Crippen LogP contribution in [0.25, 0.3) is 0 Å². The van der Waals surface area contributed by atoms with Crippen molar-refractivity contribution in [2.24, 2.45) is 23.2 Å². The van der Waals surface area contributed by atoms with Crippen LogP contribution in [-0.2, 0) is 31.3 Å². The second kappa shape index (κ2) is 14.5. The van der Waals surface area contributed by atoms with Crippen LogP contribution in [0.5, 0.6) is 5.75 Å². The van der Waals surface area contributed by atoms with E-state index < -0.39 is 26.8 Å². The summed E-state index contributed by atoms with van der Waals surface area (Å²) in [7, 11) is -2.09. The number of aryl methyl sites for hydroxylation is 1. The van der Waals surface area contributed by atoms with Crippen LogP contribution < -0.4 is 14.4 Å². The number of sulfonamides is 1. The summed E-state index contributed by atoms with van der Waals surface area (Å²) in [5.74, 6) is 0.508. The Morgan fingerprint density at radius 1 is 1.04 bits per heavy atom. The van der Waals surface area contributed by atoms with Crippen molar-refractivity contribution in [2.45, 2.75) is 87.9 Å². The monoisotopic (exact) mass is 765 g/mol. The van der Waals surface area contributed by atoms with Gasteiger partial charge in [0.2, 0.25) is 10.0 Å². The van der Waals surface area contributed by atoms with Gasteiger partial charge in [-0.25, -0.2) is 13.1 Å². The molecule has 2 spiro atoms. The molecule has 6 atom stereocenters. The van der Waals surface area contributed by atoms with Gasteiger partial charge in [0.05, 0.1) is 24.2 Å². The number of hydrogen-bond donors (Lipinski definition) is 1. The molecule has 11 heteroatoms. The summed E-state index contributed by atoms with van der Waals surface area (Å²) in [6.07, 6.45) is 13.6. The van der Waals surface area contributed by atoms with E-state index in [0.29, 0.717) is 29.9 Å². The van der Waals surface area contributed by atoms with Crippen LogP contribution in [0.1, 0.15) is 86.7 Å². The third-order valence-corrected chi connectivity index (χ3v) is 16.3. The minimum Gasteiger partial charge on any atom is -0.490 e. The van der Waals surface area contributed by atoms with Crippen LogP contribution in [0.3, 0.4) is 0 Å². The van der Waals surface area contributed by atoms with Gasteiger partial charge in [-0.2, -0.15) is 0 Å². The average Bonchev–Trinajstić information content (AvgIpc) is 3.53. The number of nitrogens with zero attached hydrogens (tertiary/aromatic N) is 2. The molecule has 2 aromatic rings. The predicted octanol–water partition coefficient (Wildman–Crippen LogP) is 6.77. The van der Waals surface area contributed by atoms with E-state index in [9.17, 15) is 13.2 Å². The predicted molar refractivity (Wildman–Crippen MR) is 208 cm³/mol. The molecule has 0 radical (unpaired) electrons. The van der Waals surface area contributed by atoms with Crippen molar-refractivity contribution in [3.05, 3.63) is 70.3 Å². The van der Waals surface area contributed by atoms with Gasteiger partial charge in [-0.15, -0.1) is 0 Å². The maximum atomic E-state index is 13.7. The van der Waals surface area contributed by atoms with Crippen molar-refractivity contribution >= 4 is 33.2 Å². The normalized spacial score (nSPS) is 34.6. The first-order chi connectivity index (χ1) is 25.4. The van der Waals surface area contributed by atoms with Crippen molar-refractivity contribution in [3.63, 3.8) is 0 Å². The molecular weight excluding hydrogens is 710 g/mol. The van der Waals surface area contributed by atoms with Gasteiger partial charge >= 0.3 is 0 Å². The Labute approximate surface area is 320 Å². The third kappa shape index (κ3) is 7.05. The Balaban J connectivity index is 1.18. The number of amides is 1. The number of benzene rings is 2. The molecule has 53 heavy (non-hydrogen) atoms. The molecule has 2 bridgehead atoms. The van der Waals surface area contributed by atoms with Crippen LogP contribution >= 0.6 is 11.6 Å². The van der Waals surface area contributed by atoms with Crippen molar-refractivity contribution in [1.82, 2.24) is 9.62 Å². The standard InChI is InChI=1S/C42H56ClN3O6S/c1-29-6-4-15-42(50-3,26-45-19-16-40(17-20-45)18-21-51-27-40)36-11-8-33(36)24-46-25-41(14-5-7-31-22-34(43)10-12-35(31)41)28-52-38-13-9-32(23-37(38)46)39(47)44-53(48,49)30(29)2/h4,9-10,12-13,15,22-23,29-30,33,36H,5-8,11,14,16-21,24-28H2,1-3H3,(H,44,47)/b15-4+/t29-,30+,33-,36+,41-,42+/m0/s1. The molecule has 2 aliphatic carbocycles. The van der Waals surface area contributed by atoms with Gasteiger partial charge in [0.25, 0.3) is 5.91 Å². The molecule has 3 fully saturated rings. The molecule has 2 saturated heterocycles. The van der Waals surface area contributed by atoms with Gasteiger partial charge in [-0.1, -0.05) is 36.7 Å². The SMILES string of the molecule is CO[C@@]1(CN2CCC3(CCOC3)CC2)/C=C/C[C@H](C)[C@@H](C)S(=O)(=O)NC(=O)c2ccc3c(c2)N(C[C@@H]2CC[C@H]21)C[C@@]1(CCCc2cc(Cl)ccc21)CO3. The van der Waals surface area contributed by atoms with Gasteiger partial charge in [-0.3, -0.25) is 4.79 Å². The zero-order valence-electron chi connectivity index (χ0n) is 31.6. The molecule has 1 N–H and O–H groups in total. The first-order valence-electron chi connectivity index (χ1n) is 19.8. The highest BCUT2D eigenvalue weighted by molar-refractivity contribution is 7.90. The molecule has 0 aromatic heterocycles. The Morgan fingerprint density at radius 2 is 1.87 bits per heavy atom. The lowest BCUT2D eigenvalue weighted by Crippen LogP contribution is -2.58. The fraction of sp³-hybridized carbons (Fsp3) is 0.643. The summed E-state index contributed by atoms with van der Waals surface area (Å²) in [5, 5.41) is -0.0237. The molecule has 6 aliphatic rings. The van der Waals surface area contributed by atoms with Crippen molar-refractivity contribution in [2.75, 3.05) is 64.6 Å². The van der Waals surface area contributed by atoms with Crippen LogP contribution in [0, 0.1) is 23.2 Å². The topological polar surface area (TPSA) is 97.4 Å². The van der Waals surface area contributed by atoms with E-state index in [1.54, 1.807) is 13.0 Å². The second-order valence-corrected chi connectivity index (χ2v) is 19.7. The van der Waals surface area contributed by atoms with E-state index in [2.05, 4.69) is 38.8 Å². The van der Waals surface area contributed by atoms with E-state index in [0.717, 1.165) is 114 Å². The first kappa shape index (κ1) is 37.3. The van der Waals surface area contributed by atoms with E-state index >= 15 is 0 Å². The molecule has 9 nitrogen and oxygen atoms in total. The van der Waals surface area contributed by atoms with E-state index in [4.69, 9.17) is 25.8 Å². The number of piperidine rings is 1. The number of hydrogen-bond acceptors (Lipinski definition) is 8. The summed E-state index contributed by atoms with van der Waals surface area (Å²) < 4.78 is 48.9. The highest BCUT2D eigenvalue weighted by Gasteiger charge is 2.50. The quantitative estimate of drug-likeness (QED) is 0.342. The molecule has 2 aromatic carbocycles. The number of carbonyl (C=O) groups excluding carboxylic acids is 1. The number of allylic oxidation sites excluding steroid dienone is 1. The molecule has 1 amide bonds. The number of halogens is 1. The Morgan fingerprint density at radius 3 is 2.60 bits per heavy atom. The molecule has 1 saturated carbocycles. The van der Waals surface area contributed by atoms with Crippen LogP contribution in [-0.4, -0.2) is 89.7 Å². The largest absolute Gasteiger partial charge is 0.490 e. The first-order valence-corrected chi connectivity index (χ1v) is 21.8. The highest BCUT2D eigenvalue weighted by Crippen LogP contribution is 2.50. The number of carbonyl (C=O) groups is 1. The Hall–Kier alpha value is -2.63. The lowest BCUT2D eigenvalue weighted by molar-refractivity contribution is -0.0971. The van der Waals surface area contributed by atoms with Crippen molar-refractivity contribution < 1.29 is 27.4 Å². The number of likely N-dealkylation sites (tertiary alicyclic amines) is 1. The fourth-order valence-electron chi connectivity index (χ4n) is 10.4. The Bertz CT molecular complexity index is 1840. The molecule has 0 unspecified atom stereocenters. The van der Waals surface area contributed by atoms with Crippen LogP contribution in [0.4, 0.5) is 5.69 Å². The molecule has 4 heterocycles. The number of nitrogens with one attached hydrogen (secondary N) is 1. The minimum absolute atomic E-state index is 0.214. The third-order valence-electron chi connectivity index (χ3n) is 14.2. The van der Waals surface area contributed by atoms with E-state index in [1.807, 2.05) is 32.2 Å². The molecule has 8 rings (SSSR count). The zero-order chi connectivity index (χ0) is 37.0. The Kier molecular flexibility index (Phi) is 10.2. The van der Waals surface area contributed by atoms with Gasteiger partial charge in [0.1, 0.15) is 11.4 Å². The average molecular weight is 766 g/mol. The zero-order valence-corrected chi connectivity index (χ0v) is 33.2. The number of anilines is 1.